The summed E-state index contributed by atoms with van der Waals surface area (Å²) in [4.78, 5) is 53.8. The van der Waals surface area contributed by atoms with E-state index in [0.29, 0.717) is 23.4 Å². The second kappa shape index (κ2) is 9.68. The van der Waals surface area contributed by atoms with E-state index in [2.05, 4.69) is 31.9 Å². The average molecular weight is 597 g/mol. The van der Waals surface area contributed by atoms with Crippen molar-refractivity contribution in [3.8, 4) is 0 Å². The first-order valence-corrected chi connectivity index (χ1v) is 12.8. The topological polar surface area (TPSA) is 74.8 Å². The van der Waals surface area contributed by atoms with Gasteiger partial charge in [0.05, 0.1) is 11.8 Å². The van der Waals surface area contributed by atoms with Gasteiger partial charge in [0.25, 0.3) is 17.7 Å². The monoisotopic (exact) mass is 594 g/mol. The lowest BCUT2D eigenvalue weighted by Gasteiger charge is -2.34. The van der Waals surface area contributed by atoms with Crippen molar-refractivity contribution in [2.45, 2.75) is 35.5 Å². The summed E-state index contributed by atoms with van der Waals surface area (Å²) in [6, 6.07) is 13.5. The molecule has 0 radical (unpaired) electrons. The molecule has 0 N–H and O–H groups in total. The van der Waals surface area contributed by atoms with Crippen molar-refractivity contribution in [2.75, 3.05) is 0 Å². The minimum absolute atomic E-state index is 0.0271. The SMILES string of the molecule is C[C@H](C(=O)c1ccccc1)N(C(=O)c1ccc(Cl)cc1)N1C(=O)[C@H]2C[C@@H](Br)[C@@H](Br)C[C@H]2C1=O. The quantitative estimate of drug-likeness (QED) is 0.280. The van der Waals surface area contributed by atoms with E-state index in [-0.39, 0.29) is 21.0 Å². The Morgan fingerprint density at radius 2 is 1.42 bits per heavy atom. The van der Waals surface area contributed by atoms with Gasteiger partial charge in [-0.15, -0.1) is 0 Å². The molecule has 0 spiro atoms. The van der Waals surface area contributed by atoms with Crippen LogP contribution in [-0.4, -0.2) is 49.2 Å². The third-order valence-corrected chi connectivity index (χ3v) is 9.19. The van der Waals surface area contributed by atoms with Gasteiger partial charge in [-0.3, -0.25) is 19.2 Å². The number of imide groups is 1. The number of carbonyl (C=O) groups is 4. The van der Waals surface area contributed by atoms with E-state index in [0.717, 1.165) is 10.0 Å². The van der Waals surface area contributed by atoms with E-state index >= 15 is 0 Å². The number of hydrogen-bond acceptors (Lipinski definition) is 4. The summed E-state index contributed by atoms with van der Waals surface area (Å²) >= 11 is 13.1. The highest BCUT2D eigenvalue weighted by Gasteiger charge is 2.55. The predicted octanol–water partition coefficient (Wildman–Crippen LogP) is 4.89. The predicted molar refractivity (Wildman–Crippen MR) is 131 cm³/mol. The number of carbonyl (C=O) groups excluding carboxylic acids is 4. The maximum absolute atomic E-state index is 13.6. The number of halogens is 3. The van der Waals surface area contributed by atoms with Gasteiger partial charge in [0.2, 0.25) is 0 Å². The summed E-state index contributed by atoms with van der Waals surface area (Å²) in [5.41, 5.74) is 0.607. The lowest BCUT2D eigenvalue weighted by molar-refractivity contribution is -0.156. The van der Waals surface area contributed by atoms with Crippen molar-refractivity contribution in [1.29, 1.82) is 0 Å². The lowest BCUT2D eigenvalue weighted by Crippen LogP contribution is -2.56. The fourth-order valence-corrected chi connectivity index (χ4v) is 5.77. The van der Waals surface area contributed by atoms with Gasteiger partial charge in [0.15, 0.2) is 5.78 Å². The molecule has 2 fully saturated rings. The lowest BCUT2D eigenvalue weighted by atomic mass is 9.81. The molecule has 0 bridgehead atoms. The summed E-state index contributed by atoms with van der Waals surface area (Å²) in [5.74, 6) is -2.99. The number of hydrazine groups is 1. The Hall–Kier alpha value is -2.03. The summed E-state index contributed by atoms with van der Waals surface area (Å²) < 4.78 is 0. The summed E-state index contributed by atoms with van der Waals surface area (Å²) in [7, 11) is 0. The Bertz CT molecular complexity index is 1070. The van der Waals surface area contributed by atoms with E-state index in [1.165, 1.54) is 19.1 Å². The van der Waals surface area contributed by atoms with Crippen LogP contribution in [0.1, 0.15) is 40.5 Å². The summed E-state index contributed by atoms with van der Waals surface area (Å²) in [6.07, 6.45) is 0.928. The number of benzene rings is 2. The first kappa shape index (κ1) is 24.1. The molecule has 0 aromatic heterocycles. The molecule has 1 heterocycles. The van der Waals surface area contributed by atoms with Crippen LogP contribution in [0.15, 0.2) is 54.6 Å². The minimum Gasteiger partial charge on any atom is -0.292 e. The maximum atomic E-state index is 13.6. The number of alkyl halides is 2. The Labute approximate surface area is 213 Å². The Morgan fingerprint density at radius 1 is 0.909 bits per heavy atom. The zero-order valence-corrected chi connectivity index (χ0v) is 21.6. The van der Waals surface area contributed by atoms with Crippen molar-refractivity contribution < 1.29 is 19.2 Å². The summed E-state index contributed by atoms with van der Waals surface area (Å²) in [5, 5.41) is 2.37. The first-order valence-electron chi connectivity index (χ1n) is 10.5. The highest BCUT2D eigenvalue weighted by atomic mass is 79.9. The fraction of sp³-hybridized carbons (Fsp3) is 0.333. The largest absolute Gasteiger partial charge is 0.292 e. The molecule has 2 aromatic carbocycles. The van der Waals surface area contributed by atoms with Gasteiger partial charge in [0, 0.05) is 25.8 Å². The normalized spacial score (nSPS) is 25.5. The number of hydrogen-bond donors (Lipinski definition) is 0. The van der Waals surface area contributed by atoms with Crippen molar-refractivity contribution in [3.05, 3.63) is 70.7 Å². The standard InChI is InChI=1S/C24H21Br2ClN2O4/c1-13(21(30)14-5-3-2-4-6-14)28(22(31)15-7-9-16(27)10-8-15)29-23(32)17-11-19(25)20(26)12-18(17)24(29)33/h2-10,13,17-20H,11-12H2,1H3/t13-,17-,18+,19+,20-/m1/s1. The van der Waals surface area contributed by atoms with Crippen LogP contribution in [-0.2, 0) is 9.59 Å². The Kier molecular flexibility index (Phi) is 7.07. The Morgan fingerprint density at radius 3 is 1.94 bits per heavy atom. The molecular weight excluding hydrogens is 576 g/mol. The molecule has 33 heavy (non-hydrogen) atoms. The van der Waals surface area contributed by atoms with Gasteiger partial charge < -0.3 is 0 Å². The molecule has 1 saturated carbocycles. The molecule has 2 aromatic rings. The third kappa shape index (κ3) is 4.53. The van der Waals surface area contributed by atoms with Crippen LogP contribution in [0, 0.1) is 11.8 Å². The minimum atomic E-state index is -1.08. The van der Waals surface area contributed by atoms with Gasteiger partial charge >= 0.3 is 0 Å². The second-order valence-corrected chi connectivity index (χ2v) is 11.1. The molecule has 9 heteroatoms. The van der Waals surface area contributed by atoms with Gasteiger partial charge in [-0.25, -0.2) is 5.01 Å². The highest BCUT2D eigenvalue weighted by molar-refractivity contribution is 9.12. The number of rotatable bonds is 5. The van der Waals surface area contributed by atoms with E-state index in [1.807, 2.05) is 0 Å². The highest BCUT2D eigenvalue weighted by Crippen LogP contribution is 2.44. The number of nitrogens with zero attached hydrogens (tertiary/aromatic N) is 2. The van der Waals surface area contributed by atoms with E-state index in [9.17, 15) is 19.2 Å². The molecule has 6 nitrogen and oxygen atoms in total. The molecule has 2 aliphatic rings. The van der Waals surface area contributed by atoms with Gasteiger partial charge in [-0.1, -0.05) is 73.8 Å². The van der Waals surface area contributed by atoms with Crippen LogP contribution in [0.4, 0.5) is 0 Å². The smallest absolute Gasteiger partial charge is 0.273 e. The van der Waals surface area contributed by atoms with Gasteiger partial charge in [-0.05, 0) is 44.0 Å². The molecule has 4 rings (SSSR count). The molecule has 0 unspecified atom stereocenters. The van der Waals surface area contributed by atoms with Gasteiger partial charge in [-0.2, -0.15) is 5.01 Å². The summed E-state index contributed by atoms with van der Waals surface area (Å²) in [6.45, 7) is 1.53. The number of fused-ring (bicyclic) bond motifs is 1. The first-order chi connectivity index (χ1) is 15.7. The van der Waals surface area contributed by atoms with Crippen LogP contribution in [0.5, 0.6) is 0 Å². The molecule has 1 aliphatic heterocycles. The molecule has 5 atom stereocenters. The average Bonchev–Trinajstić information content (AvgIpc) is 3.04. The van der Waals surface area contributed by atoms with Crippen molar-refractivity contribution in [1.82, 2.24) is 10.0 Å². The van der Waals surface area contributed by atoms with Crippen molar-refractivity contribution >= 4 is 67.0 Å². The molecule has 172 valence electrons. The van der Waals surface area contributed by atoms with E-state index in [1.54, 1.807) is 42.5 Å². The van der Waals surface area contributed by atoms with Crippen LogP contribution in [0.2, 0.25) is 5.02 Å². The maximum Gasteiger partial charge on any atom is 0.273 e. The molecular formula is C24H21Br2ClN2O4. The molecule has 1 saturated heterocycles. The van der Waals surface area contributed by atoms with Crippen LogP contribution in [0.3, 0.4) is 0 Å². The van der Waals surface area contributed by atoms with Gasteiger partial charge in [0.1, 0.15) is 6.04 Å². The number of ketones is 1. The number of amides is 3. The zero-order chi connectivity index (χ0) is 23.9. The van der Waals surface area contributed by atoms with Crippen molar-refractivity contribution in [2.24, 2.45) is 11.8 Å². The Balaban J connectivity index is 1.74. The van der Waals surface area contributed by atoms with E-state index in [4.69, 9.17) is 11.6 Å². The van der Waals surface area contributed by atoms with Crippen LogP contribution >= 0.6 is 43.5 Å². The fourth-order valence-electron chi connectivity index (χ4n) is 4.41. The van der Waals surface area contributed by atoms with Crippen LogP contribution in [0.25, 0.3) is 0 Å². The molecule has 1 aliphatic carbocycles. The molecule has 3 amide bonds. The third-order valence-electron chi connectivity index (χ3n) is 6.21. The zero-order valence-electron chi connectivity index (χ0n) is 17.7. The van der Waals surface area contributed by atoms with Crippen LogP contribution < -0.4 is 0 Å². The van der Waals surface area contributed by atoms with E-state index < -0.39 is 35.6 Å². The van der Waals surface area contributed by atoms with Crippen molar-refractivity contribution in [3.63, 3.8) is 0 Å². The number of Topliss-reactive ketones (excluding diaryl/α,β-unsaturated/α-hetero) is 1. The second-order valence-electron chi connectivity index (χ2n) is 8.27.